The lowest BCUT2D eigenvalue weighted by Crippen LogP contribution is -1.94. The Balaban J connectivity index is 2.35. The van der Waals surface area contributed by atoms with Crippen molar-refractivity contribution in [2.75, 3.05) is 5.73 Å². The molecule has 1 aromatic carbocycles. The molecule has 0 amide bonds. The highest BCUT2D eigenvalue weighted by atomic mass is 35.5. The van der Waals surface area contributed by atoms with Crippen molar-refractivity contribution in [2.24, 2.45) is 7.05 Å². The first-order valence-corrected chi connectivity index (χ1v) is 5.73. The summed E-state index contributed by atoms with van der Waals surface area (Å²) in [5.41, 5.74) is 7.34. The minimum Gasteiger partial charge on any atom is -0.398 e. The van der Waals surface area contributed by atoms with Gasteiger partial charge in [-0.05, 0) is 46.8 Å². The van der Waals surface area contributed by atoms with Gasteiger partial charge >= 0.3 is 0 Å². The number of benzene rings is 1. The Kier molecular flexibility index (Phi) is 3.02. The summed E-state index contributed by atoms with van der Waals surface area (Å²) in [4.78, 5) is 0.997. The van der Waals surface area contributed by atoms with E-state index in [4.69, 9.17) is 17.3 Å². The van der Waals surface area contributed by atoms with Gasteiger partial charge in [0.2, 0.25) is 5.16 Å². The number of hydrogen-bond donors (Lipinski definition) is 1. The molecule has 2 aromatic rings. The molecule has 84 valence electrons. The molecular weight excluding hydrogens is 246 g/mol. The maximum absolute atomic E-state index is 5.97. The minimum atomic E-state index is 0.545. The molecule has 5 nitrogen and oxygen atoms in total. The van der Waals surface area contributed by atoms with Gasteiger partial charge in [0.1, 0.15) is 0 Å². The topological polar surface area (TPSA) is 69.6 Å². The Labute approximate surface area is 102 Å². The van der Waals surface area contributed by atoms with Crippen molar-refractivity contribution in [3.63, 3.8) is 0 Å². The van der Waals surface area contributed by atoms with E-state index in [9.17, 15) is 0 Å². The van der Waals surface area contributed by atoms with Crippen molar-refractivity contribution >= 4 is 29.1 Å². The zero-order chi connectivity index (χ0) is 11.7. The van der Waals surface area contributed by atoms with Gasteiger partial charge in [-0.25, -0.2) is 4.68 Å². The fourth-order valence-electron chi connectivity index (χ4n) is 1.20. The van der Waals surface area contributed by atoms with Crippen molar-refractivity contribution < 1.29 is 0 Å². The average Bonchev–Trinajstić information content (AvgIpc) is 2.61. The standard InChI is InChI=1S/C9H10ClN5S/c1-5-3-7(11)6(10)4-8(5)16-9-12-13-14-15(9)2/h3-4H,11H2,1-2H3. The monoisotopic (exact) mass is 255 g/mol. The van der Waals surface area contributed by atoms with E-state index in [-0.39, 0.29) is 0 Å². The van der Waals surface area contributed by atoms with Gasteiger partial charge in [-0.2, -0.15) is 0 Å². The smallest absolute Gasteiger partial charge is 0.213 e. The van der Waals surface area contributed by atoms with Gasteiger partial charge in [0.05, 0.1) is 10.7 Å². The van der Waals surface area contributed by atoms with Crippen LogP contribution < -0.4 is 5.73 Å². The van der Waals surface area contributed by atoms with Crippen molar-refractivity contribution in [2.45, 2.75) is 17.0 Å². The summed E-state index contributed by atoms with van der Waals surface area (Å²) < 4.78 is 1.61. The molecule has 0 radical (unpaired) electrons. The molecule has 0 aliphatic heterocycles. The molecule has 0 fully saturated rings. The highest BCUT2D eigenvalue weighted by Gasteiger charge is 2.09. The molecule has 0 spiro atoms. The van der Waals surface area contributed by atoms with Crippen molar-refractivity contribution in [1.82, 2.24) is 20.2 Å². The summed E-state index contributed by atoms with van der Waals surface area (Å²) in [6, 6.07) is 3.67. The van der Waals surface area contributed by atoms with Gasteiger partial charge in [-0.15, -0.1) is 5.10 Å². The van der Waals surface area contributed by atoms with Gasteiger partial charge in [-0.1, -0.05) is 11.6 Å². The Morgan fingerprint density at radius 1 is 1.44 bits per heavy atom. The van der Waals surface area contributed by atoms with Crippen molar-refractivity contribution in [1.29, 1.82) is 0 Å². The maximum Gasteiger partial charge on any atom is 0.213 e. The summed E-state index contributed by atoms with van der Waals surface area (Å²) in [5.74, 6) is 0. The molecule has 1 aromatic heterocycles. The number of tetrazole rings is 1. The molecule has 0 saturated carbocycles. The van der Waals surface area contributed by atoms with Crippen LogP contribution in [0.3, 0.4) is 0 Å². The van der Waals surface area contributed by atoms with Crippen LogP contribution in [0, 0.1) is 6.92 Å². The predicted octanol–water partition coefficient (Wildman–Crippen LogP) is 1.91. The van der Waals surface area contributed by atoms with Crippen LogP contribution in [-0.4, -0.2) is 20.2 Å². The van der Waals surface area contributed by atoms with E-state index in [1.165, 1.54) is 11.8 Å². The number of nitrogens with zero attached hydrogens (tertiary/aromatic N) is 4. The molecule has 0 aliphatic rings. The van der Waals surface area contributed by atoms with E-state index < -0.39 is 0 Å². The van der Waals surface area contributed by atoms with Crippen molar-refractivity contribution in [3.05, 3.63) is 22.7 Å². The van der Waals surface area contributed by atoms with Crippen LogP contribution in [0.2, 0.25) is 5.02 Å². The third-order valence-corrected chi connectivity index (χ3v) is 3.59. The van der Waals surface area contributed by atoms with Gasteiger partial charge < -0.3 is 5.73 Å². The molecule has 0 atom stereocenters. The van der Waals surface area contributed by atoms with E-state index in [1.807, 2.05) is 19.1 Å². The Morgan fingerprint density at radius 2 is 2.19 bits per heavy atom. The van der Waals surface area contributed by atoms with E-state index >= 15 is 0 Å². The number of aryl methyl sites for hydroxylation is 2. The Morgan fingerprint density at radius 3 is 2.81 bits per heavy atom. The molecule has 1 heterocycles. The summed E-state index contributed by atoms with van der Waals surface area (Å²) in [7, 11) is 1.79. The van der Waals surface area contributed by atoms with Crippen LogP contribution in [0.25, 0.3) is 0 Å². The van der Waals surface area contributed by atoms with E-state index in [0.717, 1.165) is 10.5 Å². The molecule has 2 N–H and O–H groups in total. The molecule has 16 heavy (non-hydrogen) atoms. The van der Waals surface area contributed by atoms with Crippen LogP contribution in [0.5, 0.6) is 0 Å². The number of halogens is 1. The Hall–Kier alpha value is -1.27. The largest absolute Gasteiger partial charge is 0.398 e. The van der Waals surface area contributed by atoms with Gasteiger partial charge in [-0.3, -0.25) is 0 Å². The second-order valence-electron chi connectivity index (χ2n) is 3.33. The number of aromatic nitrogens is 4. The normalized spacial score (nSPS) is 10.7. The number of anilines is 1. The molecular formula is C9H10ClN5S. The van der Waals surface area contributed by atoms with E-state index in [2.05, 4.69) is 15.5 Å². The lowest BCUT2D eigenvalue weighted by atomic mass is 10.2. The van der Waals surface area contributed by atoms with E-state index in [0.29, 0.717) is 15.9 Å². The first kappa shape index (κ1) is 11.2. The molecule has 0 unspecified atom stereocenters. The van der Waals surface area contributed by atoms with Crippen LogP contribution in [0.15, 0.2) is 22.2 Å². The second kappa shape index (κ2) is 4.31. The quantitative estimate of drug-likeness (QED) is 0.830. The average molecular weight is 256 g/mol. The Bertz CT molecular complexity index is 525. The fourth-order valence-corrected chi connectivity index (χ4v) is 2.27. The number of hydrogen-bond acceptors (Lipinski definition) is 5. The predicted molar refractivity (Wildman–Crippen MR) is 63.5 cm³/mol. The number of nitrogen functional groups attached to an aromatic ring is 1. The highest BCUT2D eigenvalue weighted by Crippen LogP contribution is 2.33. The van der Waals surface area contributed by atoms with Gasteiger partial charge in [0, 0.05) is 11.9 Å². The number of nitrogens with two attached hydrogens (primary N) is 1. The minimum absolute atomic E-state index is 0.545. The zero-order valence-electron chi connectivity index (χ0n) is 8.81. The lowest BCUT2D eigenvalue weighted by Gasteiger charge is -2.06. The molecule has 0 bridgehead atoms. The summed E-state index contributed by atoms with van der Waals surface area (Å²) in [5, 5.41) is 12.5. The first-order valence-electron chi connectivity index (χ1n) is 4.54. The fraction of sp³-hybridized carbons (Fsp3) is 0.222. The maximum atomic E-state index is 5.97. The van der Waals surface area contributed by atoms with Crippen LogP contribution >= 0.6 is 23.4 Å². The van der Waals surface area contributed by atoms with Gasteiger partial charge in [0.15, 0.2) is 0 Å². The lowest BCUT2D eigenvalue weighted by molar-refractivity contribution is 0.664. The number of rotatable bonds is 2. The van der Waals surface area contributed by atoms with Crippen molar-refractivity contribution in [3.8, 4) is 0 Å². The summed E-state index contributed by atoms with van der Waals surface area (Å²) in [6.07, 6.45) is 0. The third kappa shape index (κ3) is 2.12. The second-order valence-corrected chi connectivity index (χ2v) is 4.74. The molecule has 0 saturated heterocycles. The molecule has 7 heteroatoms. The highest BCUT2D eigenvalue weighted by molar-refractivity contribution is 7.99. The first-order chi connectivity index (χ1) is 7.58. The van der Waals surface area contributed by atoms with Crippen LogP contribution in [0.4, 0.5) is 5.69 Å². The van der Waals surface area contributed by atoms with E-state index in [1.54, 1.807) is 11.7 Å². The SMILES string of the molecule is Cc1cc(N)c(Cl)cc1Sc1nnnn1C. The summed E-state index contributed by atoms with van der Waals surface area (Å²) >= 11 is 7.43. The molecule has 2 rings (SSSR count). The third-order valence-electron chi connectivity index (χ3n) is 2.08. The van der Waals surface area contributed by atoms with Gasteiger partial charge in [0.25, 0.3) is 0 Å². The molecule has 0 aliphatic carbocycles. The zero-order valence-corrected chi connectivity index (χ0v) is 10.4. The van der Waals surface area contributed by atoms with Crippen LogP contribution in [0.1, 0.15) is 5.56 Å². The van der Waals surface area contributed by atoms with Crippen LogP contribution in [-0.2, 0) is 7.05 Å². The summed E-state index contributed by atoms with van der Waals surface area (Å²) in [6.45, 7) is 1.97.